The van der Waals surface area contributed by atoms with Gasteiger partial charge in [0, 0.05) is 39.3 Å². The Labute approximate surface area is 134 Å². The van der Waals surface area contributed by atoms with Crippen molar-refractivity contribution in [2.24, 2.45) is 5.73 Å². The number of benzene rings is 1. The Morgan fingerprint density at radius 2 is 1.57 bits per heavy atom. The first-order valence-corrected chi connectivity index (χ1v) is 8.08. The first-order chi connectivity index (χ1) is 9.84. The molecule has 0 bridgehead atoms. The second kappa shape index (κ2) is 6.86. The Hall–Kier alpha value is -0.970. The zero-order valence-electron chi connectivity index (χ0n) is 13.4. The molecule has 0 amide bonds. The van der Waals surface area contributed by atoms with Crippen molar-refractivity contribution in [2.45, 2.75) is 32.7 Å². The highest BCUT2D eigenvalue weighted by atomic mass is 32.1. The van der Waals surface area contributed by atoms with Crippen molar-refractivity contribution in [3.63, 3.8) is 0 Å². The minimum absolute atomic E-state index is 0.227. The fourth-order valence-corrected chi connectivity index (χ4v) is 2.88. The van der Waals surface area contributed by atoms with Crippen molar-refractivity contribution in [1.82, 2.24) is 9.80 Å². The minimum atomic E-state index is 0.227. The maximum Gasteiger partial charge on any atom is 0.0870 e. The van der Waals surface area contributed by atoms with Crippen molar-refractivity contribution < 1.29 is 0 Å². The van der Waals surface area contributed by atoms with Gasteiger partial charge < -0.3 is 5.73 Å². The van der Waals surface area contributed by atoms with E-state index in [1.165, 1.54) is 11.1 Å². The topological polar surface area (TPSA) is 32.5 Å². The molecule has 0 radical (unpaired) electrons. The van der Waals surface area contributed by atoms with Crippen LogP contribution in [-0.2, 0) is 12.0 Å². The van der Waals surface area contributed by atoms with Crippen molar-refractivity contribution in [3.8, 4) is 0 Å². The Kier molecular flexibility index (Phi) is 5.36. The lowest BCUT2D eigenvalue weighted by Crippen LogP contribution is -2.48. The number of nitrogens with two attached hydrogens (primary N) is 1. The summed E-state index contributed by atoms with van der Waals surface area (Å²) in [5.41, 5.74) is 8.62. The molecule has 2 N–H and O–H groups in total. The van der Waals surface area contributed by atoms with E-state index >= 15 is 0 Å². The van der Waals surface area contributed by atoms with Gasteiger partial charge in [0.1, 0.15) is 0 Å². The summed E-state index contributed by atoms with van der Waals surface area (Å²) in [5, 5.41) is 0. The highest BCUT2D eigenvalue weighted by molar-refractivity contribution is 7.80. The lowest BCUT2D eigenvalue weighted by atomic mass is 9.87. The van der Waals surface area contributed by atoms with Gasteiger partial charge in [0.05, 0.1) is 4.99 Å². The summed E-state index contributed by atoms with van der Waals surface area (Å²) in [6.45, 7) is 12.8. The smallest absolute Gasteiger partial charge is 0.0870 e. The number of thiocarbonyl (C=S) groups is 1. The Balaban J connectivity index is 1.85. The first kappa shape index (κ1) is 16.4. The maximum absolute atomic E-state index is 5.61. The van der Waals surface area contributed by atoms with E-state index in [0.29, 0.717) is 4.99 Å². The summed E-state index contributed by atoms with van der Waals surface area (Å²) in [5.74, 6) is 0. The molecule has 0 saturated carbocycles. The highest BCUT2D eigenvalue weighted by Gasteiger charge is 2.18. The summed E-state index contributed by atoms with van der Waals surface area (Å²) in [7, 11) is 0. The second-order valence-corrected chi connectivity index (χ2v) is 7.49. The van der Waals surface area contributed by atoms with E-state index in [1.807, 2.05) is 0 Å². The molecule has 1 aromatic rings. The minimum Gasteiger partial charge on any atom is -0.392 e. The van der Waals surface area contributed by atoms with Crippen LogP contribution in [0.2, 0.25) is 0 Å². The monoisotopic (exact) mass is 305 g/mol. The molecule has 116 valence electrons. The molecular formula is C17H27N3S. The fourth-order valence-electron chi connectivity index (χ4n) is 2.69. The van der Waals surface area contributed by atoms with E-state index < -0.39 is 0 Å². The SMILES string of the molecule is CC(C)(C)c1ccc(CN2CCN(CC(N)=S)CC2)cc1. The van der Waals surface area contributed by atoms with Crippen molar-refractivity contribution in [2.75, 3.05) is 32.7 Å². The maximum atomic E-state index is 5.61. The standard InChI is InChI=1S/C17H27N3S/c1-17(2,3)15-6-4-14(5-7-15)12-19-8-10-20(11-9-19)13-16(18)21/h4-7H,8-13H2,1-3H3,(H2,18,21). The third-order valence-electron chi connectivity index (χ3n) is 4.07. The van der Waals surface area contributed by atoms with Gasteiger partial charge in [0.15, 0.2) is 0 Å². The lowest BCUT2D eigenvalue weighted by Gasteiger charge is -2.34. The van der Waals surface area contributed by atoms with Gasteiger partial charge in [-0.25, -0.2) is 0 Å². The third-order valence-corrected chi connectivity index (χ3v) is 4.20. The molecule has 1 aromatic carbocycles. The van der Waals surface area contributed by atoms with Crippen molar-refractivity contribution in [3.05, 3.63) is 35.4 Å². The molecule has 4 heteroatoms. The van der Waals surface area contributed by atoms with E-state index in [-0.39, 0.29) is 5.41 Å². The van der Waals surface area contributed by atoms with E-state index in [2.05, 4.69) is 54.8 Å². The van der Waals surface area contributed by atoms with E-state index in [1.54, 1.807) is 0 Å². The summed E-state index contributed by atoms with van der Waals surface area (Å²) >= 11 is 4.98. The van der Waals surface area contributed by atoms with Gasteiger partial charge in [0.25, 0.3) is 0 Å². The molecule has 0 aliphatic carbocycles. The average molecular weight is 305 g/mol. The average Bonchev–Trinajstić information content (AvgIpc) is 2.40. The van der Waals surface area contributed by atoms with Crippen LogP contribution in [0.3, 0.4) is 0 Å². The van der Waals surface area contributed by atoms with Gasteiger partial charge in [-0.2, -0.15) is 0 Å². The normalized spacial score (nSPS) is 17.9. The van der Waals surface area contributed by atoms with Crippen LogP contribution >= 0.6 is 12.2 Å². The molecule has 0 atom stereocenters. The molecule has 1 aliphatic heterocycles. The van der Waals surface area contributed by atoms with Gasteiger partial charge in [-0.3, -0.25) is 9.80 Å². The summed E-state index contributed by atoms with van der Waals surface area (Å²) in [4.78, 5) is 5.44. The number of piperazine rings is 1. The van der Waals surface area contributed by atoms with E-state index in [4.69, 9.17) is 18.0 Å². The van der Waals surface area contributed by atoms with Crippen molar-refractivity contribution in [1.29, 1.82) is 0 Å². The predicted molar refractivity (Wildman–Crippen MR) is 93.6 cm³/mol. The van der Waals surface area contributed by atoms with Crippen LogP contribution in [0, 0.1) is 0 Å². The van der Waals surface area contributed by atoms with Crippen LogP contribution in [0.4, 0.5) is 0 Å². The molecule has 21 heavy (non-hydrogen) atoms. The molecule has 0 aromatic heterocycles. The predicted octanol–water partition coefficient (Wildman–Crippen LogP) is 2.39. The summed E-state index contributed by atoms with van der Waals surface area (Å²) in [6.07, 6.45) is 0. The van der Waals surface area contributed by atoms with Crippen LogP contribution in [0.15, 0.2) is 24.3 Å². The van der Waals surface area contributed by atoms with Crippen molar-refractivity contribution >= 4 is 17.2 Å². The Morgan fingerprint density at radius 3 is 2.05 bits per heavy atom. The molecule has 1 aliphatic rings. The quantitative estimate of drug-likeness (QED) is 0.866. The van der Waals surface area contributed by atoms with Gasteiger partial charge in [-0.05, 0) is 16.5 Å². The second-order valence-electron chi connectivity index (χ2n) is 6.97. The Morgan fingerprint density at radius 1 is 1.05 bits per heavy atom. The molecule has 1 saturated heterocycles. The molecule has 3 nitrogen and oxygen atoms in total. The number of hydrogen-bond donors (Lipinski definition) is 1. The van der Waals surface area contributed by atoms with Crippen LogP contribution in [0.1, 0.15) is 31.9 Å². The van der Waals surface area contributed by atoms with Gasteiger partial charge in [0.2, 0.25) is 0 Å². The molecule has 0 spiro atoms. The molecule has 0 unspecified atom stereocenters. The van der Waals surface area contributed by atoms with Gasteiger partial charge in [-0.1, -0.05) is 57.3 Å². The number of hydrogen-bond acceptors (Lipinski definition) is 3. The molecule has 1 heterocycles. The Bertz CT molecular complexity index is 468. The summed E-state index contributed by atoms with van der Waals surface area (Å²) < 4.78 is 0. The highest BCUT2D eigenvalue weighted by Crippen LogP contribution is 2.22. The van der Waals surface area contributed by atoms with Crippen LogP contribution in [-0.4, -0.2) is 47.5 Å². The molecule has 1 fully saturated rings. The van der Waals surface area contributed by atoms with E-state index in [9.17, 15) is 0 Å². The zero-order valence-corrected chi connectivity index (χ0v) is 14.2. The fraction of sp³-hybridized carbons (Fsp3) is 0.588. The number of rotatable bonds is 4. The van der Waals surface area contributed by atoms with Gasteiger partial charge >= 0.3 is 0 Å². The molecular weight excluding hydrogens is 278 g/mol. The van der Waals surface area contributed by atoms with Gasteiger partial charge in [-0.15, -0.1) is 0 Å². The third kappa shape index (κ3) is 5.06. The van der Waals surface area contributed by atoms with Crippen LogP contribution in [0.5, 0.6) is 0 Å². The van der Waals surface area contributed by atoms with Crippen LogP contribution < -0.4 is 5.73 Å². The van der Waals surface area contributed by atoms with Crippen LogP contribution in [0.25, 0.3) is 0 Å². The molecule has 2 rings (SSSR count). The largest absolute Gasteiger partial charge is 0.392 e. The first-order valence-electron chi connectivity index (χ1n) is 7.67. The number of nitrogens with zero attached hydrogens (tertiary/aromatic N) is 2. The zero-order chi connectivity index (χ0) is 15.5. The van der Waals surface area contributed by atoms with E-state index in [0.717, 1.165) is 39.3 Å². The lowest BCUT2D eigenvalue weighted by molar-refractivity contribution is 0.140. The summed E-state index contributed by atoms with van der Waals surface area (Å²) in [6, 6.07) is 9.06.